The Hall–Kier alpha value is -5.07. The van der Waals surface area contributed by atoms with Gasteiger partial charge in [-0.25, -0.2) is 9.48 Å². The van der Waals surface area contributed by atoms with Crippen LogP contribution in [0.3, 0.4) is 0 Å². The summed E-state index contributed by atoms with van der Waals surface area (Å²) in [6.45, 7) is 1.72. The molecule has 0 bridgehead atoms. The van der Waals surface area contributed by atoms with Crippen molar-refractivity contribution >= 4 is 47.1 Å². The standard InChI is InChI=1S/C43H62ClN7O19/c44-30-3-1-29(2-4-30)23-35(56)46-25-33(54)40(60)41-39(47-36(57)27-52)32(53)24-43(70-41,42(61)62)69-22-21-67-16-14-64-12-10-50-26-31(48-49-50)28-68-20-19-66-18-17-65-15-13-63-11-8-45-34(55)7-9-51-37(58)5-6-38(51)59/h1-6,26,32-33,39-41,52-54,60H,7-25,27-28H2,(H,45,55)(H,46,56)(H,47,57)(H,61,62)/t32-,33+,39+,40+,41+,43+/m0/s1. The van der Waals surface area contributed by atoms with Gasteiger partial charge in [0.25, 0.3) is 17.6 Å². The Bertz CT molecular complexity index is 1960. The average molecular weight is 1020 g/mol. The van der Waals surface area contributed by atoms with E-state index in [1.54, 1.807) is 35.1 Å². The highest BCUT2D eigenvalue weighted by atomic mass is 35.5. The minimum atomic E-state index is -2.55. The molecule has 2 aromatic rings. The van der Waals surface area contributed by atoms with Crippen LogP contribution in [0.15, 0.2) is 42.6 Å². The van der Waals surface area contributed by atoms with Gasteiger partial charge in [0.1, 0.15) is 24.5 Å². The van der Waals surface area contributed by atoms with E-state index in [1.165, 1.54) is 12.2 Å². The number of aliphatic hydroxyl groups excluding tert-OH is 4. The number of imide groups is 1. The quantitative estimate of drug-likeness (QED) is 0.0242. The van der Waals surface area contributed by atoms with E-state index in [-0.39, 0.29) is 78.1 Å². The highest BCUT2D eigenvalue weighted by molar-refractivity contribution is 6.30. The summed E-state index contributed by atoms with van der Waals surface area (Å²) in [7, 11) is 0. The smallest absolute Gasteiger partial charge is 0.364 e. The summed E-state index contributed by atoms with van der Waals surface area (Å²) in [6, 6.07) is 4.97. The van der Waals surface area contributed by atoms with Crippen molar-refractivity contribution in [2.45, 2.75) is 68.7 Å². The number of carboxylic acids is 1. The van der Waals surface area contributed by atoms with Crippen molar-refractivity contribution in [3.63, 3.8) is 0 Å². The Balaban J connectivity index is 1.01. The molecule has 2 aliphatic rings. The first-order valence-corrected chi connectivity index (χ1v) is 22.8. The number of hydrogen-bond donors (Lipinski definition) is 8. The Kier molecular flexibility index (Phi) is 25.7. The molecule has 1 aromatic heterocycles. The van der Waals surface area contributed by atoms with Crippen LogP contribution in [0.4, 0.5) is 0 Å². The molecule has 27 heteroatoms. The fourth-order valence-electron chi connectivity index (χ4n) is 6.67. The van der Waals surface area contributed by atoms with Crippen LogP contribution in [0.1, 0.15) is 24.1 Å². The zero-order valence-corrected chi connectivity index (χ0v) is 39.2. The normalized spacial score (nSPS) is 19.8. The number of aliphatic carboxylic acids is 1. The van der Waals surface area contributed by atoms with Crippen LogP contribution in [0, 0.1) is 0 Å². The summed E-state index contributed by atoms with van der Waals surface area (Å²) in [5, 5.41) is 68.3. The molecule has 0 spiro atoms. The van der Waals surface area contributed by atoms with Gasteiger partial charge in [-0.2, -0.15) is 0 Å². The van der Waals surface area contributed by atoms with Crippen molar-refractivity contribution in [2.75, 3.05) is 106 Å². The van der Waals surface area contributed by atoms with Crippen molar-refractivity contribution < 1.29 is 92.2 Å². The molecule has 0 unspecified atom stereocenters. The van der Waals surface area contributed by atoms with Gasteiger partial charge in [-0.3, -0.25) is 28.9 Å². The number of carboxylic acid groups (broad SMARTS) is 1. The van der Waals surface area contributed by atoms with Crippen molar-refractivity contribution in [3.05, 3.63) is 58.9 Å². The molecule has 0 radical (unpaired) electrons. The number of carbonyl (C=O) groups is 6. The first-order valence-electron chi connectivity index (χ1n) is 22.4. The number of benzene rings is 1. The lowest BCUT2D eigenvalue weighted by Gasteiger charge is -2.46. The topological polar surface area (TPSA) is 347 Å². The second-order valence-corrected chi connectivity index (χ2v) is 16.0. The largest absolute Gasteiger partial charge is 0.477 e. The summed E-state index contributed by atoms with van der Waals surface area (Å²) in [5.41, 5.74) is 1.22. The highest BCUT2D eigenvalue weighted by Crippen LogP contribution is 2.33. The first kappa shape index (κ1) is 57.5. The second kappa shape index (κ2) is 31.3. The van der Waals surface area contributed by atoms with Crippen molar-refractivity contribution in [3.8, 4) is 0 Å². The highest BCUT2D eigenvalue weighted by Gasteiger charge is 2.56. The molecule has 4 rings (SSSR count). The van der Waals surface area contributed by atoms with Gasteiger partial charge >= 0.3 is 5.97 Å². The molecular weight excluding hydrogens is 954 g/mol. The summed E-state index contributed by atoms with van der Waals surface area (Å²) >= 11 is 5.88. The Morgan fingerprint density at radius 3 is 2.03 bits per heavy atom. The fraction of sp³-hybridized carbons (Fsp3) is 0.628. The predicted molar refractivity (Wildman–Crippen MR) is 238 cm³/mol. The Morgan fingerprint density at radius 1 is 0.800 bits per heavy atom. The summed E-state index contributed by atoms with van der Waals surface area (Å²) < 4.78 is 45.8. The van der Waals surface area contributed by atoms with E-state index in [2.05, 4.69) is 26.3 Å². The SMILES string of the molecule is O=C(CCN1C(=O)C=CC1=O)NCCOCCOCCOCCOCc1cn(CCOCCOCCO[C@]2(C(=O)O)C[C@H](O)[C@@H](NC(=O)CO)[C@H]([C@H](O)[C@H](O)CNC(=O)Cc3ccc(Cl)cc3)O2)nn1. The number of aromatic nitrogens is 3. The monoisotopic (exact) mass is 1020 g/mol. The van der Waals surface area contributed by atoms with Gasteiger partial charge in [-0.15, -0.1) is 5.10 Å². The number of amides is 5. The van der Waals surface area contributed by atoms with Crippen LogP contribution in [-0.2, 0) is 86.2 Å². The van der Waals surface area contributed by atoms with Gasteiger partial charge < -0.3 is 79.4 Å². The predicted octanol–water partition coefficient (Wildman–Crippen LogP) is -3.53. The molecule has 0 saturated carbocycles. The molecule has 1 saturated heterocycles. The molecule has 5 amide bonds. The van der Waals surface area contributed by atoms with E-state index in [9.17, 15) is 54.3 Å². The number of aliphatic hydroxyl groups is 4. The van der Waals surface area contributed by atoms with Crippen LogP contribution < -0.4 is 16.0 Å². The van der Waals surface area contributed by atoms with E-state index >= 15 is 0 Å². The third kappa shape index (κ3) is 20.3. The molecule has 2 aliphatic heterocycles. The summed E-state index contributed by atoms with van der Waals surface area (Å²) in [6.07, 6.45) is -3.96. The molecular formula is C43H62ClN7O19. The fourth-order valence-corrected chi connectivity index (χ4v) is 6.79. The van der Waals surface area contributed by atoms with Crippen LogP contribution >= 0.6 is 11.6 Å². The van der Waals surface area contributed by atoms with Crippen LogP contribution in [0.2, 0.25) is 5.02 Å². The van der Waals surface area contributed by atoms with Gasteiger partial charge in [0.2, 0.25) is 17.7 Å². The van der Waals surface area contributed by atoms with Gasteiger partial charge in [-0.05, 0) is 17.7 Å². The van der Waals surface area contributed by atoms with Crippen LogP contribution in [-0.4, -0.2) is 223 Å². The van der Waals surface area contributed by atoms with Crippen LogP contribution in [0.25, 0.3) is 0 Å². The van der Waals surface area contributed by atoms with Crippen molar-refractivity contribution in [2.24, 2.45) is 0 Å². The van der Waals surface area contributed by atoms with E-state index < -0.39 is 85.4 Å². The van der Waals surface area contributed by atoms with E-state index in [1.807, 2.05) is 0 Å². The molecule has 6 atom stereocenters. The van der Waals surface area contributed by atoms with Gasteiger partial charge in [0.05, 0.1) is 123 Å². The molecule has 8 N–H and O–H groups in total. The number of rotatable bonds is 36. The van der Waals surface area contributed by atoms with Gasteiger partial charge in [0, 0.05) is 49.7 Å². The lowest BCUT2D eigenvalue weighted by atomic mass is 9.88. The average Bonchev–Trinajstić information content (AvgIpc) is 3.94. The molecule has 3 heterocycles. The summed E-state index contributed by atoms with van der Waals surface area (Å²) in [4.78, 5) is 73.0. The minimum absolute atomic E-state index is 0.0135. The number of nitrogens with zero attached hydrogens (tertiary/aromatic N) is 4. The third-order valence-electron chi connectivity index (χ3n) is 10.3. The van der Waals surface area contributed by atoms with Crippen molar-refractivity contribution in [1.29, 1.82) is 0 Å². The molecule has 390 valence electrons. The Labute approximate surface area is 407 Å². The molecule has 1 aromatic carbocycles. The zero-order valence-electron chi connectivity index (χ0n) is 38.4. The second-order valence-electron chi connectivity index (χ2n) is 15.5. The maximum Gasteiger partial charge on any atom is 0.364 e. The van der Waals surface area contributed by atoms with E-state index in [0.717, 1.165) is 4.90 Å². The number of nitrogens with one attached hydrogen (secondary N) is 3. The number of hydrogen-bond acceptors (Lipinski definition) is 20. The zero-order chi connectivity index (χ0) is 50.7. The minimum Gasteiger partial charge on any atom is -0.477 e. The molecule has 70 heavy (non-hydrogen) atoms. The number of ether oxygens (including phenoxy) is 8. The lowest BCUT2D eigenvalue weighted by Crippen LogP contribution is -2.68. The Morgan fingerprint density at radius 2 is 1.40 bits per heavy atom. The van der Waals surface area contributed by atoms with E-state index in [0.29, 0.717) is 62.5 Å². The molecule has 26 nitrogen and oxygen atoms in total. The molecule has 1 fully saturated rings. The van der Waals surface area contributed by atoms with Crippen molar-refractivity contribution in [1.82, 2.24) is 35.8 Å². The van der Waals surface area contributed by atoms with Gasteiger partial charge in [0.15, 0.2) is 0 Å². The summed E-state index contributed by atoms with van der Waals surface area (Å²) in [5.74, 6) is -6.87. The van der Waals surface area contributed by atoms with Crippen LogP contribution in [0.5, 0.6) is 0 Å². The van der Waals surface area contributed by atoms with E-state index in [4.69, 9.17) is 49.5 Å². The van der Waals surface area contributed by atoms with Gasteiger partial charge in [-0.1, -0.05) is 28.9 Å². The number of carbonyl (C=O) groups excluding carboxylic acids is 5. The molecule has 0 aliphatic carbocycles. The number of halogens is 1. The maximum atomic E-state index is 12.5. The third-order valence-corrected chi connectivity index (χ3v) is 10.5. The maximum absolute atomic E-state index is 12.5. The first-order chi connectivity index (χ1) is 33.7. The lowest BCUT2D eigenvalue weighted by molar-refractivity contribution is -0.312.